The van der Waals surface area contributed by atoms with Crippen LogP contribution in [0.15, 0.2) is 84.9 Å². The highest BCUT2D eigenvalue weighted by Gasteiger charge is 2.23. The van der Waals surface area contributed by atoms with Gasteiger partial charge in [-0.15, -0.1) is 0 Å². The molecule has 204 valence electrons. The van der Waals surface area contributed by atoms with Crippen LogP contribution in [0.3, 0.4) is 0 Å². The third kappa shape index (κ3) is 7.15. The summed E-state index contributed by atoms with van der Waals surface area (Å²) in [5.41, 5.74) is 14.4. The van der Waals surface area contributed by atoms with Crippen molar-refractivity contribution < 1.29 is 19.1 Å². The van der Waals surface area contributed by atoms with Crippen molar-refractivity contribution in [1.82, 2.24) is 0 Å². The predicted molar refractivity (Wildman–Crippen MR) is 153 cm³/mol. The molecule has 0 aliphatic carbocycles. The van der Waals surface area contributed by atoms with E-state index in [0.717, 1.165) is 16.9 Å². The van der Waals surface area contributed by atoms with E-state index in [1.807, 2.05) is 42.5 Å². The van der Waals surface area contributed by atoms with E-state index in [9.17, 15) is 20.1 Å². The second-order valence-electron chi connectivity index (χ2n) is 9.23. The van der Waals surface area contributed by atoms with Crippen molar-refractivity contribution in [2.75, 3.05) is 13.2 Å². The van der Waals surface area contributed by atoms with Crippen LogP contribution in [-0.4, -0.2) is 24.9 Å². The van der Waals surface area contributed by atoms with Crippen LogP contribution in [0.4, 0.5) is 0 Å². The second-order valence-corrected chi connectivity index (χ2v) is 9.23. The second kappa shape index (κ2) is 13.6. The number of benzene rings is 4. The number of amides is 1. The standard InChI is InChI=1S/C33H28N4O4/c34-19-23-7-12-28(13-8-23)41-16-2-15-40-27-10-5-22(6-11-27)18-30-29(33(37)39)14-9-26(21-36)31(30)32(38)25-4-1-3-24(17-25)20-35/h1,3-14,17H,2,15-16,18-19,34H2,(H2,37,39). The zero-order valence-corrected chi connectivity index (χ0v) is 22.3. The molecule has 0 bridgehead atoms. The van der Waals surface area contributed by atoms with Crippen LogP contribution in [0, 0.1) is 22.7 Å². The van der Waals surface area contributed by atoms with E-state index in [1.165, 1.54) is 18.2 Å². The SMILES string of the molecule is N#Cc1cccc(C(=O)c2c(C#N)ccc(C(N)=O)c2Cc2ccc(OCCCOc3ccc(CN)cc3)cc2)c1. The minimum absolute atomic E-state index is 0.0943. The molecule has 0 aromatic heterocycles. The van der Waals surface area contributed by atoms with Gasteiger partial charge in [-0.1, -0.05) is 36.4 Å². The Morgan fingerprint density at radius 3 is 1.98 bits per heavy atom. The van der Waals surface area contributed by atoms with Gasteiger partial charge in [0.2, 0.25) is 5.91 Å². The maximum absolute atomic E-state index is 13.6. The summed E-state index contributed by atoms with van der Waals surface area (Å²) in [5, 5.41) is 19.0. The molecule has 8 heteroatoms. The van der Waals surface area contributed by atoms with Gasteiger partial charge in [0.05, 0.1) is 36.5 Å². The van der Waals surface area contributed by atoms with E-state index in [4.69, 9.17) is 20.9 Å². The van der Waals surface area contributed by atoms with E-state index in [2.05, 4.69) is 6.07 Å². The Balaban J connectivity index is 1.47. The summed E-state index contributed by atoms with van der Waals surface area (Å²) < 4.78 is 11.6. The highest BCUT2D eigenvalue weighted by molar-refractivity contribution is 6.13. The van der Waals surface area contributed by atoms with Crippen molar-refractivity contribution in [2.45, 2.75) is 19.4 Å². The minimum Gasteiger partial charge on any atom is -0.493 e. The van der Waals surface area contributed by atoms with Gasteiger partial charge in [0.1, 0.15) is 11.5 Å². The lowest BCUT2D eigenvalue weighted by Crippen LogP contribution is -2.18. The third-order valence-corrected chi connectivity index (χ3v) is 6.47. The number of ether oxygens (including phenoxy) is 2. The van der Waals surface area contributed by atoms with Crippen LogP contribution in [0.25, 0.3) is 0 Å². The summed E-state index contributed by atoms with van der Waals surface area (Å²) in [5.74, 6) is 0.264. The van der Waals surface area contributed by atoms with Gasteiger partial charge in [-0.25, -0.2) is 0 Å². The molecule has 4 aromatic carbocycles. The van der Waals surface area contributed by atoms with Crippen LogP contribution in [0.2, 0.25) is 0 Å². The molecular formula is C33H28N4O4. The van der Waals surface area contributed by atoms with Gasteiger partial charge in [0.15, 0.2) is 5.78 Å². The quantitative estimate of drug-likeness (QED) is 0.194. The Morgan fingerprint density at radius 2 is 1.41 bits per heavy atom. The van der Waals surface area contributed by atoms with E-state index >= 15 is 0 Å². The maximum atomic E-state index is 13.6. The number of nitrogens with zero attached hydrogens (tertiary/aromatic N) is 2. The van der Waals surface area contributed by atoms with Crippen molar-refractivity contribution >= 4 is 11.7 Å². The minimum atomic E-state index is -0.707. The Kier molecular flexibility index (Phi) is 9.45. The molecule has 0 saturated carbocycles. The van der Waals surface area contributed by atoms with E-state index in [0.29, 0.717) is 43.1 Å². The Labute approximate surface area is 238 Å². The zero-order valence-electron chi connectivity index (χ0n) is 22.3. The maximum Gasteiger partial charge on any atom is 0.249 e. The molecule has 0 aliphatic rings. The molecule has 41 heavy (non-hydrogen) atoms. The molecule has 0 heterocycles. The summed E-state index contributed by atoms with van der Waals surface area (Å²) in [7, 11) is 0. The predicted octanol–water partition coefficient (Wildman–Crippen LogP) is 4.66. The smallest absolute Gasteiger partial charge is 0.249 e. The van der Waals surface area contributed by atoms with Crippen molar-refractivity contribution in [3.05, 3.63) is 129 Å². The molecular weight excluding hydrogens is 516 g/mol. The summed E-state index contributed by atoms with van der Waals surface area (Å²) in [4.78, 5) is 25.9. The topological polar surface area (TPSA) is 152 Å². The average molecular weight is 545 g/mol. The van der Waals surface area contributed by atoms with Gasteiger partial charge in [0, 0.05) is 29.7 Å². The van der Waals surface area contributed by atoms with Crippen LogP contribution in [0.5, 0.6) is 11.5 Å². The summed E-state index contributed by atoms with van der Waals surface area (Å²) in [6.07, 6.45) is 0.867. The molecule has 4 rings (SSSR count). The van der Waals surface area contributed by atoms with Crippen LogP contribution >= 0.6 is 0 Å². The molecule has 0 fully saturated rings. The van der Waals surface area contributed by atoms with Crippen LogP contribution < -0.4 is 20.9 Å². The van der Waals surface area contributed by atoms with E-state index in [-0.39, 0.29) is 28.7 Å². The van der Waals surface area contributed by atoms with Crippen LogP contribution in [-0.2, 0) is 13.0 Å². The largest absolute Gasteiger partial charge is 0.493 e. The molecule has 1 amide bonds. The third-order valence-electron chi connectivity index (χ3n) is 6.47. The number of nitriles is 2. The Hall–Kier alpha value is -5.44. The number of hydrogen-bond acceptors (Lipinski definition) is 7. The number of carbonyl (C=O) groups is 2. The number of rotatable bonds is 12. The van der Waals surface area contributed by atoms with Crippen molar-refractivity contribution in [3.8, 4) is 23.6 Å². The molecule has 0 atom stereocenters. The first-order chi connectivity index (χ1) is 19.9. The average Bonchev–Trinajstić information content (AvgIpc) is 3.01. The number of ketones is 1. The fraction of sp³-hybridized carbons (Fsp3) is 0.152. The molecule has 0 spiro atoms. The first-order valence-corrected chi connectivity index (χ1v) is 13.0. The Bertz CT molecular complexity index is 1630. The molecule has 0 aliphatic heterocycles. The highest BCUT2D eigenvalue weighted by Crippen LogP contribution is 2.27. The molecule has 4 N–H and O–H groups in total. The molecule has 0 radical (unpaired) electrons. The molecule has 4 aromatic rings. The summed E-state index contributed by atoms with van der Waals surface area (Å²) in [6, 6.07) is 28.1. The van der Waals surface area contributed by atoms with Gasteiger partial charge in [-0.05, 0) is 71.6 Å². The van der Waals surface area contributed by atoms with Crippen molar-refractivity contribution in [3.63, 3.8) is 0 Å². The molecule has 0 unspecified atom stereocenters. The lowest BCUT2D eigenvalue weighted by atomic mass is 9.87. The highest BCUT2D eigenvalue weighted by atomic mass is 16.5. The number of carbonyl (C=O) groups excluding carboxylic acids is 2. The lowest BCUT2D eigenvalue weighted by Gasteiger charge is -2.15. The van der Waals surface area contributed by atoms with Crippen molar-refractivity contribution in [1.29, 1.82) is 10.5 Å². The van der Waals surface area contributed by atoms with E-state index in [1.54, 1.807) is 30.3 Å². The number of nitrogens with two attached hydrogens (primary N) is 2. The number of hydrogen-bond donors (Lipinski definition) is 2. The fourth-order valence-corrected chi connectivity index (χ4v) is 4.36. The fourth-order valence-electron chi connectivity index (χ4n) is 4.36. The van der Waals surface area contributed by atoms with Crippen molar-refractivity contribution in [2.24, 2.45) is 11.5 Å². The summed E-state index contributed by atoms with van der Waals surface area (Å²) >= 11 is 0. The van der Waals surface area contributed by atoms with Gasteiger partial charge >= 0.3 is 0 Å². The lowest BCUT2D eigenvalue weighted by molar-refractivity contribution is 0.0999. The van der Waals surface area contributed by atoms with Gasteiger partial charge < -0.3 is 20.9 Å². The first-order valence-electron chi connectivity index (χ1n) is 13.0. The van der Waals surface area contributed by atoms with Gasteiger partial charge in [-0.2, -0.15) is 10.5 Å². The van der Waals surface area contributed by atoms with Crippen LogP contribution in [0.1, 0.15) is 60.5 Å². The Morgan fingerprint density at radius 1 is 0.780 bits per heavy atom. The zero-order chi connectivity index (χ0) is 29.2. The molecule has 8 nitrogen and oxygen atoms in total. The van der Waals surface area contributed by atoms with Gasteiger partial charge in [-0.3, -0.25) is 9.59 Å². The molecule has 0 saturated heterocycles. The monoisotopic (exact) mass is 544 g/mol. The number of primary amides is 1. The summed E-state index contributed by atoms with van der Waals surface area (Å²) in [6.45, 7) is 1.44. The van der Waals surface area contributed by atoms with Gasteiger partial charge in [0.25, 0.3) is 0 Å². The normalized spacial score (nSPS) is 10.3. The van der Waals surface area contributed by atoms with E-state index < -0.39 is 11.7 Å². The first kappa shape index (κ1) is 28.6.